The van der Waals surface area contributed by atoms with Crippen LogP contribution in [0.4, 0.5) is 26.2 Å². The van der Waals surface area contributed by atoms with Gasteiger partial charge in [-0.05, 0) is 17.7 Å². The fourth-order valence-electron chi connectivity index (χ4n) is 2.18. The molecule has 0 saturated carbocycles. The van der Waals surface area contributed by atoms with E-state index in [2.05, 4.69) is 20.5 Å². The maximum Gasteiger partial charge on any atom is 0.249 e. The predicted molar refractivity (Wildman–Crippen MR) is 88.0 cm³/mol. The molecule has 0 bridgehead atoms. The van der Waals surface area contributed by atoms with Crippen LogP contribution in [0.3, 0.4) is 0 Å². The standard InChI is InChI=1S/C17H15F2N5/c1-24(11-12-5-3-2-4-6-12)16-10-20-23-17(22-16)21-15-8-7-13(18)9-14(15)19/h2-10H,11H2,1H3,(H,21,22,23). The molecular formula is C17H15F2N5. The molecule has 24 heavy (non-hydrogen) atoms. The molecule has 1 heterocycles. The number of anilines is 3. The molecule has 1 N–H and O–H groups in total. The van der Waals surface area contributed by atoms with Crippen molar-refractivity contribution in [2.75, 3.05) is 17.3 Å². The fraction of sp³-hybridized carbons (Fsp3) is 0.118. The third-order valence-corrected chi connectivity index (χ3v) is 3.38. The Bertz CT molecular complexity index is 826. The Kier molecular flexibility index (Phi) is 4.60. The molecule has 7 heteroatoms. The van der Waals surface area contributed by atoms with E-state index in [-0.39, 0.29) is 11.6 Å². The number of hydrogen-bond donors (Lipinski definition) is 1. The van der Waals surface area contributed by atoms with Gasteiger partial charge in [0.05, 0.1) is 11.9 Å². The number of halogens is 2. The Morgan fingerprint density at radius 1 is 1.08 bits per heavy atom. The predicted octanol–water partition coefficient (Wildman–Crippen LogP) is 3.53. The normalized spacial score (nSPS) is 10.5. The van der Waals surface area contributed by atoms with Gasteiger partial charge >= 0.3 is 0 Å². The molecule has 0 spiro atoms. The summed E-state index contributed by atoms with van der Waals surface area (Å²) in [5.41, 5.74) is 1.21. The molecule has 0 aliphatic rings. The SMILES string of the molecule is CN(Cc1ccccc1)c1cnnc(Nc2ccc(F)cc2F)n1. The highest BCUT2D eigenvalue weighted by molar-refractivity contribution is 5.55. The summed E-state index contributed by atoms with van der Waals surface area (Å²) in [6.45, 7) is 0.643. The van der Waals surface area contributed by atoms with Crippen molar-refractivity contribution in [3.05, 3.63) is 71.9 Å². The summed E-state index contributed by atoms with van der Waals surface area (Å²) in [6, 6.07) is 13.1. The third kappa shape index (κ3) is 3.81. The van der Waals surface area contributed by atoms with E-state index in [0.717, 1.165) is 17.7 Å². The first kappa shape index (κ1) is 15.8. The molecule has 2 aromatic carbocycles. The molecule has 3 aromatic rings. The molecule has 0 amide bonds. The van der Waals surface area contributed by atoms with E-state index in [1.165, 1.54) is 12.3 Å². The van der Waals surface area contributed by atoms with Gasteiger partial charge in [0, 0.05) is 19.7 Å². The lowest BCUT2D eigenvalue weighted by molar-refractivity contribution is 0.586. The van der Waals surface area contributed by atoms with Crippen LogP contribution in [0.25, 0.3) is 0 Å². The van der Waals surface area contributed by atoms with Crippen molar-refractivity contribution in [3.8, 4) is 0 Å². The summed E-state index contributed by atoms with van der Waals surface area (Å²) in [7, 11) is 1.87. The number of hydrogen-bond acceptors (Lipinski definition) is 5. The lowest BCUT2D eigenvalue weighted by Gasteiger charge is -2.18. The summed E-state index contributed by atoms with van der Waals surface area (Å²) in [5, 5.41) is 10.4. The summed E-state index contributed by atoms with van der Waals surface area (Å²) >= 11 is 0. The molecule has 3 rings (SSSR count). The molecule has 0 fully saturated rings. The molecule has 1 aromatic heterocycles. The van der Waals surface area contributed by atoms with Crippen molar-refractivity contribution in [2.24, 2.45) is 0 Å². The average molecular weight is 327 g/mol. The monoisotopic (exact) mass is 327 g/mol. The fourth-order valence-corrected chi connectivity index (χ4v) is 2.18. The molecule has 0 radical (unpaired) electrons. The van der Waals surface area contributed by atoms with Crippen LogP contribution >= 0.6 is 0 Å². The molecule has 0 aliphatic carbocycles. The van der Waals surface area contributed by atoms with E-state index in [4.69, 9.17) is 0 Å². The van der Waals surface area contributed by atoms with Gasteiger partial charge in [0.25, 0.3) is 0 Å². The summed E-state index contributed by atoms with van der Waals surface area (Å²) in [5.74, 6) is -0.646. The smallest absolute Gasteiger partial charge is 0.249 e. The van der Waals surface area contributed by atoms with Gasteiger partial charge in [-0.1, -0.05) is 30.3 Å². The maximum absolute atomic E-state index is 13.7. The van der Waals surface area contributed by atoms with Crippen molar-refractivity contribution in [2.45, 2.75) is 6.54 Å². The van der Waals surface area contributed by atoms with Gasteiger partial charge in [0.1, 0.15) is 11.6 Å². The van der Waals surface area contributed by atoms with Crippen LogP contribution in [0.5, 0.6) is 0 Å². The van der Waals surface area contributed by atoms with Gasteiger partial charge < -0.3 is 10.2 Å². The van der Waals surface area contributed by atoms with Crippen LogP contribution < -0.4 is 10.2 Å². The zero-order valence-electron chi connectivity index (χ0n) is 12.9. The summed E-state index contributed by atoms with van der Waals surface area (Å²) in [4.78, 5) is 6.21. The van der Waals surface area contributed by atoms with E-state index in [0.29, 0.717) is 12.4 Å². The minimum absolute atomic E-state index is 0.0843. The van der Waals surface area contributed by atoms with Gasteiger partial charge in [-0.25, -0.2) is 8.78 Å². The highest BCUT2D eigenvalue weighted by Gasteiger charge is 2.09. The zero-order valence-corrected chi connectivity index (χ0v) is 12.9. The van der Waals surface area contributed by atoms with Crippen molar-refractivity contribution < 1.29 is 8.78 Å². The Labute approximate surface area is 138 Å². The second kappa shape index (κ2) is 6.99. The summed E-state index contributed by atoms with van der Waals surface area (Å²) < 4.78 is 26.6. The molecular weight excluding hydrogens is 312 g/mol. The lowest BCUT2D eigenvalue weighted by atomic mass is 10.2. The van der Waals surface area contributed by atoms with Crippen LogP contribution in [-0.4, -0.2) is 22.2 Å². The minimum Gasteiger partial charge on any atom is -0.354 e. The van der Waals surface area contributed by atoms with E-state index >= 15 is 0 Å². The first-order chi connectivity index (χ1) is 11.6. The molecule has 5 nitrogen and oxygen atoms in total. The Morgan fingerprint density at radius 3 is 2.62 bits per heavy atom. The average Bonchev–Trinajstić information content (AvgIpc) is 2.59. The van der Waals surface area contributed by atoms with Gasteiger partial charge in [-0.15, -0.1) is 5.10 Å². The van der Waals surface area contributed by atoms with Gasteiger partial charge in [-0.2, -0.15) is 10.1 Å². The molecule has 0 saturated heterocycles. The Balaban J connectivity index is 1.76. The van der Waals surface area contributed by atoms with Gasteiger partial charge in [-0.3, -0.25) is 0 Å². The second-order valence-corrected chi connectivity index (χ2v) is 5.23. The largest absolute Gasteiger partial charge is 0.354 e. The summed E-state index contributed by atoms with van der Waals surface area (Å²) in [6.07, 6.45) is 1.52. The zero-order chi connectivity index (χ0) is 16.9. The van der Waals surface area contributed by atoms with Crippen molar-refractivity contribution in [1.82, 2.24) is 15.2 Å². The number of nitrogens with one attached hydrogen (secondary N) is 1. The van der Waals surface area contributed by atoms with Crippen molar-refractivity contribution >= 4 is 17.5 Å². The van der Waals surface area contributed by atoms with Crippen LogP contribution in [0, 0.1) is 11.6 Å². The Morgan fingerprint density at radius 2 is 1.88 bits per heavy atom. The van der Waals surface area contributed by atoms with E-state index in [1.54, 1.807) is 0 Å². The first-order valence-electron chi connectivity index (χ1n) is 7.28. The van der Waals surface area contributed by atoms with Crippen LogP contribution in [-0.2, 0) is 6.54 Å². The lowest BCUT2D eigenvalue weighted by Crippen LogP contribution is -2.18. The number of rotatable bonds is 5. The molecule has 0 atom stereocenters. The van der Waals surface area contributed by atoms with Crippen molar-refractivity contribution in [1.29, 1.82) is 0 Å². The maximum atomic E-state index is 13.7. The highest BCUT2D eigenvalue weighted by Crippen LogP contribution is 2.19. The van der Waals surface area contributed by atoms with Crippen molar-refractivity contribution in [3.63, 3.8) is 0 Å². The molecule has 0 unspecified atom stereocenters. The van der Waals surface area contributed by atoms with Gasteiger partial charge in [0.2, 0.25) is 5.95 Å². The second-order valence-electron chi connectivity index (χ2n) is 5.23. The topological polar surface area (TPSA) is 53.9 Å². The van der Waals surface area contributed by atoms with E-state index in [9.17, 15) is 8.78 Å². The van der Waals surface area contributed by atoms with Crippen LogP contribution in [0.15, 0.2) is 54.7 Å². The highest BCUT2D eigenvalue weighted by atomic mass is 19.1. The van der Waals surface area contributed by atoms with Crippen LogP contribution in [0.1, 0.15) is 5.56 Å². The Hall–Kier alpha value is -3.09. The minimum atomic E-state index is -0.721. The number of nitrogens with zero attached hydrogens (tertiary/aromatic N) is 4. The molecule has 122 valence electrons. The van der Waals surface area contributed by atoms with E-state index < -0.39 is 11.6 Å². The van der Waals surface area contributed by atoms with E-state index in [1.807, 2.05) is 42.3 Å². The van der Waals surface area contributed by atoms with Gasteiger partial charge in [0.15, 0.2) is 5.82 Å². The van der Waals surface area contributed by atoms with Crippen LogP contribution in [0.2, 0.25) is 0 Å². The quantitative estimate of drug-likeness (QED) is 0.777. The number of aromatic nitrogens is 3. The number of benzene rings is 2. The molecule has 0 aliphatic heterocycles. The third-order valence-electron chi connectivity index (χ3n) is 3.38. The first-order valence-corrected chi connectivity index (χ1v) is 7.28.